The number of nitrogens with two attached hydrogens (primary N) is 1. The van der Waals surface area contributed by atoms with Gasteiger partial charge in [0.2, 0.25) is 5.91 Å². The van der Waals surface area contributed by atoms with Crippen molar-refractivity contribution >= 4 is 28.5 Å². The fourth-order valence-electron chi connectivity index (χ4n) is 3.25. The highest BCUT2D eigenvalue weighted by Crippen LogP contribution is 2.30. The second-order valence-electron chi connectivity index (χ2n) is 6.66. The van der Waals surface area contributed by atoms with E-state index in [0.29, 0.717) is 29.5 Å². The molecule has 2 aromatic carbocycles. The molecule has 3 amide bonds. The molecule has 6 heteroatoms. The van der Waals surface area contributed by atoms with E-state index in [1.54, 1.807) is 24.1 Å². The van der Waals surface area contributed by atoms with Crippen LogP contribution in [-0.2, 0) is 4.79 Å². The third-order valence-corrected chi connectivity index (χ3v) is 5.02. The highest BCUT2D eigenvalue weighted by atomic mass is 16.2. The molecule has 0 bridgehead atoms. The van der Waals surface area contributed by atoms with Crippen molar-refractivity contribution in [1.82, 2.24) is 9.80 Å². The van der Waals surface area contributed by atoms with Crippen molar-refractivity contribution in [3.05, 3.63) is 47.5 Å². The van der Waals surface area contributed by atoms with Gasteiger partial charge in [-0.25, -0.2) is 0 Å². The van der Waals surface area contributed by atoms with Gasteiger partial charge in [0.15, 0.2) is 0 Å². The summed E-state index contributed by atoms with van der Waals surface area (Å²) in [5.41, 5.74) is 6.66. The van der Waals surface area contributed by atoms with Crippen LogP contribution < -0.4 is 5.73 Å². The Labute approximate surface area is 152 Å². The third kappa shape index (κ3) is 3.08. The third-order valence-electron chi connectivity index (χ3n) is 5.02. The summed E-state index contributed by atoms with van der Waals surface area (Å²) in [5, 5.41) is 1.60. The van der Waals surface area contributed by atoms with Crippen molar-refractivity contribution in [3.8, 4) is 0 Å². The molecule has 2 N–H and O–H groups in total. The van der Waals surface area contributed by atoms with E-state index in [0.717, 1.165) is 5.39 Å². The smallest absolute Gasteiger partial charge is 0.261 e. The van der Waals surface area contributed by atoms with Gasteiger partial charge >= 0.3 is 0 Å². The minimum Gasteiger partial charge on any atom is -0.342 e. The Kier molecular flexibility index (Phi) is 5.04. The number of likely N-dealkylation sites (N-methyl/N-ethyl adjacent to an activating group) is 1. The van der Waals surface area contributed by atoms with Crippen molar-refractivity contribution in [2.45, 2.75) is 25.8 Å². The van der Waals surface area contributed by atoms with Crippen molar-refractivity contribution < 1.29 is 14.4 Å². The Morgan fingerprint density at radius 3 is 2.23 bits per heavy atom. The van der Waals surface area contributed by atoms with Crippen LogP contribution in [0.5, 0.6) is 0 Å². The molecule has 0 fully saturated rings. The zero-order valence-corrected chi connectivity index (χ0v) is 15.1. The van der Waals surface area contributed by atoms with E-state index in [2.05, 4.69) is 0 Å². The molecule has 0 radical (unpaired) electrons. The van der Waals surface area contributed by atoms with Crippen molar-refractivity contribution in [2.75, 3.05) is 20.1 Å². The molecule has 26 heavy (non-hydrogen) atoms. The maximum absolute atomic E-state index is 12.8. The number of benzene rings is 2. The number of hydrogen-bond acceptors (Lipinski definition) is 4. The lowest BCUT2D eigenvalue weighted by Gasteiger charge is -2.28. The van der Waals surface area contributed by atoms with E-state index in [9.17, 15) is 14.4 Å². The zero-order valence-electron chi connectivity index (χ0n) is 15.1. The lowest BCUT2D eigenvalue weighted by atomic mass is 9.94. The molecule has 0 saturated heterocycles. The second kappa shape index (κ2) is 7.25. The van der Waals surface area contributed by atoms with Crippen LogP contribution in [0.15, 0.2) is 36.4 Å². The van der Waals surface area contributed by atoms with Crippen LogP contribution in [-0.4, -0.2) is 53.7 Å². The van der Waals surface area contributed by atoms with Gasteiger partial charge in [0.1, 0.15) is 0 Å². The number of nitrogens with zero attached hydrogens (tertiary/aromatic N) is 2. The van der Waals surface area contributed by atoms with Crippen LogP contribution in [0.3, 0.4) is 0 Å². The molecular formula is C20H23N3O3. The lowest BCUT2D eigenvalue weighted by Crippen LogP contribution is -2.42. The minimum atomic E-state index is -0.296. The maximum atomic E-state index is 12.8. The van der Waals surface area contributed by atoms with Crippen molar-refractivity contribution in [1.29, 1.82) is 0 Å². The summed E-state index contributed by atoms with van der Waals surface area (Å²) in [5.74, 6) is -0.631. The molecular weight excluding hydrogens is 330 g/mol. The van der Waals surface area contributed by atoms with Gasteiger partial charge in [-0.05, 0) is 30.9 Å². The van der Waals surface area contributed by atoms with Crippen LogP contribution >= 0.6 is 0 Å². The highest BCUT2D eigenvalue weighted by molar-refractivity contribution is 6.25. The van der Waals surface area contributed by atoms with Crippen molar-refractivity contribution in [3.63, 3.8) is 0 Å². The molecule has 0 aliphatic carbocycles. The largest absolute Gasteiger partial charge is 0.342 e. The Morgan fingerprint density at radius 1 is 1.12 bits per heavy atom. The molecule has 136 valence electrons. The first kappa shape index (κ1) is 18.1. The topological polar surface area (TPSA) is 83.7 Å². The SMILES string of the molecule is CC(CN)N(C)C(=O)CCCN1C(=O)c2cccc3cccc(c23)C1=O. The zero-order chi connectivity index (χ0) is 18.8. The van der Waals surface area contributed by atoms with Gasteiger partial charge in [0.05, 0.1) is 0 Å². The number of carbonyl (C=O) groups is 3. The molecule has 0 aromatic heterocycles. The van der Waals surface area contributed by atoms with Gasteiger partial charge in [-0.1, -0.05) is 24.3 Å². The predicted molar refractivity (Wildman–Crippen MR) is 99.8 cm³/mol. The molecule has 3 rings (SSSR count). The molecule has 1 unspecified atom stereocenters. The fraction of sp³-hybridized carbons (Fsp3) is 0.350. The quantitative estimate of drug-likeness (QED) is 0.806. The minimum absolute atomic E-state index is 0.0368. The van der Waals surface area contributed by atoms with E-state index in [4.69, 9.17) is 5.73 Å². The number of rotatable bonds is 6. The predicted octanol–water partition coefficient (Wildman–Crippen LogP) is 2.02. The number of amides is 3. The van der Waals surface area contributed by atoms with Gasteiger partial charge in [-0.3, -0.25) is 19.3 Å². The normalized spacial score (nSPS) is 14.7. The van der Waals surface area contributed by atoms with Gasteiger partial charge in [0.25, 0.3) is 11.8 Å². The second-order valence-corrected chi connectivity index (χ2v) is 6.66. The van der Waals surface area contributed by atoms with Crippen LogP contribution in [0.1, 0.15) is 40.5 Å². The molecule has 2 aromatic rings. The van der Waals surface area contributed by atoms with Crippen LogP contribution in [0.4, 0.5) is 0 Å². The Morgan fingerprint density at radius 2 is 1.69 bits per heavy atom. The number of carbonyl (C=O) groups excluding carboxylic acids is 3. The van der Waals surface area contributed by atoms with E-state index >= 15 is 0 Å². The fourth-order valence-corrected chi connectivity index (χ4v) is 3.25. The van der Waals surface area contributed by atoms with Crippen LogP contribution in [0.2, 0.25) is 0 Å². The average Bonchev–Trinajstić information content (AvgIpc) is 2.67. The van der Waals surface area contributed by atoms with Gasteiger partial charge in [0, 0.05) is 49.1 Å². The Bertz CT molecular complexity index is 827. The molecule has 0 spiro atoms. The van der Waals surface area contributed by atoms with Gasteiger partial charge < -0.3 is 10.6 Å². The summed E-state index contributed by atoms with van der Waals surface area (Å²) in [6.45, 7) is 2.50. The first-order valence-electron chi connectivity index (χ1n) is 8.79. The summed E-state index contributed by atoms with van der Waals surface area (Å²) in [4.78, 5) is 40.6. The molecule has 0 saturated carbocycles. The van der Waals surface area contributed by atoms with E-state index < -0.39 is 0 Å². The summed E-state index contributed by atoms with van der Waals surface area (Å²) in [6, 6.07) is 10.9. The van der Waals surface area contributed by atoms with Crippen molar-refractivity contribution in [2.24, 2.45) is 5.73 Å². The first-order valence-corrected chi connectivity index (χ1v) is 8.79. The van der Waals surface area contributed by atoms with E-state index in [1.807, 2.05) is 31.2 Å². The summed E-state index contributed by atoms with van der Waals surface area (Å²) < 4.78 is 0. The lowest BCUT2D eigenvalue weighted by molar-refractivity contribution is -0.131. The molecule has 6 nitrogen and oxygen atoms in total. The average molecular weight is 353 g/mol. The van der Waals surface area contributed by atoms with Crippen LogP contribution in [0, 0.1) is 0 Å². The maximum Gasteiger partial charge on any atom is 0.261 e. The standard InChI is InChI=1S/C20H23N3O3/c1-13(12-21)22(2)17(24)10-5-11-23-19(25)15-8-3-6-14-7-4-9-16(18(14)15)20(23)26/h3-4,6-9,13H,5,10-12,21H2,1-2H3. The number of hydrogen-bond donors (Lipinski definition) is 1. The molecule has 1 aliphatic heterocycles. The highest BCUT2D eigenvalue weighted by Gasteiger charge is 2.32. The first-order chi connectivity index (χ1) is 12.5. The molecule has 1 atom stereocenters. The molecule has 1 heterocycles. The summed E-state index contributed by atoms with van der Waals surface area (Å²) in [7, 11) is 1.72. The summed E-state index contributed by atoms with van der Waals surface area (Å²) in [6.07, 6.45) is 0.694. The Balaban J connectivity index is 1.74. The van der Waals surface area contributed by atoms with Crippen LogP contribution in [0.25, 0.3) is 10.8 Å². The summed E-state index contributed by atoms with van der Waals surface area (Å²) >= 11 is 0. The number of imide groups is 1. The monoisotopic (exact) mass is 353 g/mol. The van der Waals surface area contributed by atoms with Gasteiger partial charge in [-0.2, -0.15) is 0 Å². The van der Waals surface area contributed by atoms with E-state index in [-0.39, 0.29) is 36.7 Å². The molecule has 1 aliphatic rings. The Hall–Kier alpha value is -2.73. The van der Waals surface area contributed by atoms with E-state index in [1.165, 1.54) is 4.90 Å². The van der Waals surface area contributed by atoms with Gasteiger partial charge in [-0.15, -0.1) is 0 Å².